The summed E-state index contributed by atoms with van der Waals surface area (Å²) in [6.07, 6.45) is 5.25. The summed E-state index contributed by atoms with van der Waals surface area (Å²) >= 11 is 4.87. The maximum atomic E-state index is 11.6. The zero-order valence-electron chi connectivity index (χ0n) is 11.6. The smallest absolute Gasteiger partial charge is 0.273 e. The lowest BCUT2D eigenvalue weighted by Gasteiger charge is -2.28. The molecule has 0 spiro atoms. The van der Waals surface area contributed by atoms with Gasteiger partial charge in [0.1, 0.15) is 22.8 Å². The Hall–Kier alpha value is -2.34. The summed E-state index contributed by atoms with van der Waals surface area (Å²) in [5, 5.41) is 15.8. The maximum Gasteiger partial charge on any atom is 0.273 e. The Morgan fingerprint density at radius 2 is 2.10 bits per heavy atom. The van der Waals surface area contributed by atoms with Gasteiger partial charge in [-0.1, -0.05) is 0 Å². The summed E-state index contributed by atoms with van der Waals surface area (Å²) in [6, 6.07) is 3.48. The minimum Gasteiger partial charge on any atom is -0.507 e. The van der Waals surface area contributed by atoms with Crippen LogP contribution in [-0.2, 0) is 4.79 Å². The Labute approximate surface area is 127 Å². The Kier molecular flexibility index (Phi) is 2.98. The number of rotatable bonds is 1. The van der Waals surface area contributed by atoms with Gasteiger partial charge in [0.2, 0.25) is 0 Å². The second-order valence-electron chi connectivity index (χ2n) is 5.42. The normalized spacial score (nSPS) is 20.8. The van der Waals surface area contributed by atoms with E-state index >= 15 is 0 Å². The number of carbonyl (C=O) groups is 1. The molecule has 0 atom stereocenters. The van der Waals surface area contributed by atoms with Gasteiger partial charge >= 0.3 is 0 Å². The number of phenolic OH excluding ortho intramolecular Hbond substituents is 1. The number of benzene rings is 1. The van der Waals surface area contributed by atoms with Gasteiger partial charge in [-0.25, -0.2) is 0 Å². The molecule has 108 valence electrons. The summed E-state index contributed by atoms with van der Waals surface area (Å²) < 4.78 is 5.78. The van der Waals surface area contributed by atoms with E-state index in [1.54, 1.807) is 18.2 Å². The minimum atomic E-state index is -0.404. The van der Waals surface area contributed by atoms with E-state index in [9.17, 15) is 9.90 Å². The van der Waals surface area contributed by atoms with Gasteiger partial charge in [0.15, 0.2) is 5.11 Å². The van der Waals surface area contributed by atoms with Crippen molar-refractivity contribution < 1.29 is 14.6 Å². The van der Waals surface area contributed by atoms with Gasteiger partial charge in [-0.05, 0) is 56.4 Å². The van der Waals surface area contributed by atoms with Gasteiger partial charge in [0.25, 0.3) is 5.91 Å². The van der Waals surface area contributed by atoms with Gasteiger partial charge in [-0.2, -0.15) is 0 Å². The first-order valence-electron chi connectivity index (χ1n) is 6.44. The molecule has 0 aliphatic carbocycles. The molecule has 1 fully saturated rings. The van der Waals surface area contributed by atoms with Crippen molar-refractivity contribution in [2.45, 2.75) is 19.4 Å². The van der Waals surface area contributed by atoms with Crippen LogP contribution in [0.15, 0.2) is 23.9 Å². The number of phenols is 1. The number of amides is 1. The number of hydrogen-bond donors (Lipinski definition) is 3. The SMILES string of the molecule is CC1(C)C=Cc2c(ccc(C=C3NC(=S)NC3=O)c2O)O1. The summed E-state index contributed by atoms with van der Waals surface area (Å²) in [5.41, 5.74) is 1.02. The van der Waals surface area contributed by atoms with Crippen molar-refractivity contribution in [3.8, 4) is 11.5 Å². The zero-order chi connectivity index (χ0) is 15.2. The van der Waals surface area contributed by atoms with Crippen molar-refractivity contribution in [2.24, 2.45) is 0 Å². The molecule has 3 rings (SSSR count). The van der Waals surface area contributed by atoms with E-state index in [0.29, 0.717) is 22.6 Å². The summed E-state index contributed by atoms with van der Waals surface area (Å²) in [4.78, 5) is 11.6. The van der Waals surface area contributed by atoms with Crippen LogP contribution >= 0.6 is 12.2 Å². The summed E-state index contributed by atoms with van der Waals surface area (Å²) in [7, 11) is 0. The quantitative estimate of drug-likeness (QED) is 0.546. The molecule has 21 heavy (non-hydrogen) atoms. The van der Waals surface area contributed by atoms with E-state index in [0.717, 1.165) is 0 Å². The van der Waals surface area contributed by atoms with E-state index < -0.39 is 5.60 Å². The van der Waals surface area contributed by atoms with E-state index in [2.05, 4.69) is 10.6 Å². The highest BCUT2D eigenvalue weighted by atomic mass is 32.1. The van der Waals surface area contributed by atoms with Gasteiger partial charge < -0.3 is 15.2 Å². The highest BCUT2D eigenvalue weighted by molar-refractivity contribution is 7.80. The maximum absolute atomic E-state index is 11.6. The van der Waals surface area contributed by atoms with Crippen LogP contribution in [0.4, 0.5) is 0 Å². The second-order valence-corrected chi connectivity index (χ2v) is 5.83. The van der Waals surface area contributed by atoms with Crippen LogP contribution in [0.1, 0.15) is 25.0 Å². The summed E-state index contributed by atoms with van der Waals surface area (Å²) in [5.74, 6) is 0.366. The third-order valence-corrected chi connectivity index (χ3v) is 3.46. The van der Waals surface area contributed by atoms with E-state index in [1.807, 2.05) is 26.0 Å². The number of thiocarbonyl (C=S) groups is 1. The molecule has 0 unspecified atom stereocenters. The largest absolute Gasteiger partial charge is 0.507 e. The molecule has 0 radical (unpaired) electrons. The zero-order valence-corrected chi connectivity index (χ0v) is 12.4. The molecule has 0 bridgehead atoms. The van der Waals surface area contributed by atoms with Crippen LogP contribution in [0.25, 0.3) is 12.2 Å². The van der Waals surface area contributed by atoms with Crippen molar-refractivity contribution in [1.82, 2.24) is 10.6 Å². The molecule has 6 heteroatoms. The molecule has 1 amide bonds. The molecule has 1 aromatic carbocycles. The number of hydrogen-bond acceptors (Lipinski definition) is 4. The Balaban J connectivity index is 2.02. The Morgan fingerprint density at radius 1 is 1.33 bits per heavy atom. The Bertz CT molecular complexity index is 720. The van der Waals surface area contributed by atoms with E-state index in [-0.39, 0.29) is 16.8 Å². The number of carbonyl (C=O) groups excluding carboxylic acids is 1. The molecular weight excluding hydrogens is 288 g/mol. The molecular formula is C15H14N2O3S. The van der Waals surface area contributed by atoms with Crippen LogP contribution in [0.2, 0.25) is 0 Å². The predicted octanol–water partition coefficient (Wildman–Crippen LogP) is 1.92. The average Bonchev–Trinajstić information content (AvgIpc) is 2.70. The minimum absolute atomic E-state index is 0.0687. The third kappa shape index (κ3) is 2.50. The van der Waals surface area contributed by atoms with Crippen molar-refractivity contribution in [2.75, 3.05) is 0 Å². The molecule has 1 saturated heterocycles. The third-order valence-electron chi connectivity index (χ3n) is 3.25. The molecule has 0 aromatic heterocycles. The lowest BCUT2D eigenvalue weighted by Crippen LogP contribution is -2.27. The standard InChI is InChI=1S/C15H14N2O3S/c1-15(2)6-5-9-11(20-15)4-3-8(12(9)18)7-10-13(19)17-14(21)16-10/h3-7,18H,1-2H3,(H2,16,17,19,21). The van der Waals surface area contributed by atoms with Crippen molar-refractivity contribution in [3.63, 3.8) is 0 Å². The van der Waals surface area contributed by atoms with Gasteiger partial charge in [0.05, 0.1) is 5.56 Å². The van der Waals surface area contributed by atoms with Crippen molar-refractivity contribution >= 4 is 35.4 Å². The fourth-order valence-electron chi connectivity index (χ4n) is 2.21. The fourth-order valence-corrected chi connectivity index (χ4v) is 2.41. The van der Waals surface area contributed by atoms with Crippen LogP contribution in [0.3, 0.4) is 0 Å². The predicted molar refractivity (Wildman–Crippen MR) is 83.7 cm³/mol. The van der Waals surface area contributed by atoms with Gasteiger partial charge in [-0.3, -0.25) is 10.1 Å². The second kappa shape index (κ2) is 4.60. The van der Waals surface area contributed by atoms with Crippen molar-refractivity contribution in [3.05, 3.63) is 35.0 Å². The molecule has 2 aliphatic heterocycles. The lowest BCUT2D eigenvalue weighted by molar-refractivity contribution is -0.115. The van der Waals surface area contributed by atoms with E-state index in [1.165, 1.54) is 0 Å². The summed E-state index contributed by atoms with van der Waals surface area (Å²) in [6.45, 7) is 3.88. The van der Waals surface area contributed by atoms with Crippen LogP contribution in [-0.4, -0.2) is 21.7 Å². The molecule has 0 saturated carbocycles. The fraction of sp³-hybridized carbons (Fsp3) is 0.200. The van der Waals surface area contributed by atoms with E-state index in [4.69, 9.17) is 17.0 Å². The van der Waals surface area contributed by atoms with Gasteiger partial charge in [0, 0.05) is 5.56 Å². The van der Waals surface area contributed by atoms with Crippen LogP contribution in [0.5, 0.6) is 11.5 Å². The first kappa shape index (κ1) is 13.6. The van der Waals surface area contributed by atoms with Crippen LogP contribution < -0.4 is 15.4 Å². The Morgan fingerprint density at radius 3 is 2.76 bits per heavy atom. The highest BCUT2D eigenvalue weighted by Gasteiger charge is 2.25. The topological polar surface area (TPSA) is 70.6 Å². The first-order chi connectivity index (χ1) is 9.85. The molecule has 3 N–H and O–H groups in total. The monoisotopic (exact) mass is 302 g/mol. The first-order valence-corrected chi connectivity index (χ1v) is 6.85. The van der Waals surface area contributed by atoms with Crippen molar-refractivity contribution in [1.29, 1.82) is 0 Å². The number of aromatic hydroxyl groups is 1. The number of ether oxygens (including phenoxy) is 1. The lowest BCUT2D eigenvalue weighted by atomic mass is 9.99. The molecule has 2 heterocycles. The molecule has 5 nitrogen and oxygen atoms in total. The number of nitrogens with one attached hydrogen (secondary N) is 2. The van der Waals surface area contributed by atoms with Crippen LogP contribution in [0, 0.1) is 0 Å². The van der Waals surface area contributed by atoms with Gasteiger partial charge in [-0.15, -0.1) is 0 Å². The highest BCUT2D eigenvalue weighted by Crippen LogP contribution is 2.38. The number of fused-ring (bicyclic) bond motifs is 1. The average molecular weight is 302 g/mol. The molecule has 2 aliphatic rings. The molecule has 1 aromatic rings.